The monoisotopic (exact) mass is 323 g/mol. The number of primary amides is 1. The molecule has 0 spiro atoms. The molecule has 2 aromatic carbocycles. The molecule has 0 aliphatic rings. The SMILES string of the molecule is C[C@@H](Sc1nc(-c2ccccc2)c(-c2ccccc2)[nH]1)C(N)=O. The van der Waals surface area contributed by atoms with Crippen molar-refractivity contribution in [1.82, 2.24) is 9.97 Å². The minimum absolute atomic E-state index is 0.339. The highest BCUT2D eigenvalue weighted by Crippen LogP contribution is 2.33. The zero-order valence-corrected chi connectivity index (χ0v) is 13.5. The number of nitrogens with one attached hydrogen (secondary N) is 1. The van der Waals surface area contributed by atoms with E-state index in [0.29, 0.717) is 5.16 Å². The normalized spacial score (nSPS) is 12.0. The number of aromatic amines is 1. The van der Waals surface area contributed by atoms with Crippen molar-refractivity contribution in [2.75, 3.05) is 0 Å². The van der Waals surface area contributed by atoms with Crippen LogP contribution in [0.4, 0.5) is 0 Å². The summed E-state index contributed by atoms with van der Waals surface area (Å²) in [7, 11) is 0. The minimum Gasteiger partial charge on any atom is -0.369 e. The van der Waals surface area contributed by atoms with Gasteiger partial charge in [0, 0.05) is 11.1 Å². The topological polar surface area (TPSA) is 71.8 Å². The summed E-state index contributed by atoms with van der Waals surface area (Å²) in [6, 6.07) is 20.0. The Morgan fingerprint density at radius 1 is 1.04 bits per heavy atom. The second-order valence-corrected chi connectivity index (χ2v) is 6.49. The molecule has 3 rings (SSSR count). The molecule has 3 N–H and O–H groups in total. The van der Waals surface area contributed by atoms with Gasteiger partial charge in [-0.1, -0.05) is 72.4 Å². The van der Waals surface area contributed by atoms with E-state index in [1.54, 1.807) is 6.92 Å². The highest BCUT2D eigenvalue weighted by atomic mass is 32.2. The average Bonchev–Trinajstić information content (AvgIpc) is 3.00. The Labute approximate surface area is 139 Å². The van der Waals surface area contributed by atoms with E-state index in [9.17, 15) is 4.79 Å². The number of benzene rings is 2. The zero-order chi connectivity index (χ0) is 16.2. The number of amides is 1. The van der Waals surface area contributed by atoms with Crippen LogP contribution in [0.2, 0.25) is 0 Å². The number of nitrogens with two attached hydrogens (primary N) is 1. The molecule has 0 unspecified atom stereocenters. The quantitative estimate of drug-likeness (QED) is 0.703. The molecule has 0 radical (unpaired) electrons. The fraction of sp³-hybridized carbons (Fsp3) is 0.111. The molecule has 0 aliphatic heterocycles. The zero-order valence-electron chi connectivity index (χ0n) is 12.7. The molecule has 5 heteroatoms. The average molecular weight is 323 g/mol. The van der Waals surface area contributed by atoms with Gasteiger partial charge in [-0.2, -0.15) is 0 Å². The maximum atomic E-state index is 11.3. The number of hydrogen-bond donors (Lipinski definition) is 2. The first-order valence-corrected chi connectivity index (χ1v) is 8.20. The lowest BCUT2D eigenvalue weighted by Gasteiger charge is -2.03. The molecule has 4 nitrogen and oxygen atoms in total. The second kappa shape index (κ2) is 6.71. The Morgan fingerprint density at radius 2 is 1.61 bits per heavy atom. The lowest BCUT2D eigenvalue weighted by atomic mass is 10.1. The fourth-order valence-corrected chi connectivity index (χ4v) is 3.01. The first-order valence-electron chi connectivity index (χ1n) is 7.32. The predicted molar refractivity (Wildman–Crippen MR) is 94.0 cm³/mol. The molecule has 1 atom stereocenters. The van der Waals surface area contributed by atoms with E-state index >= 15 is 0 Å². The van der Waals surface area contributed by atoms with Crippen molar-refractivity contribution >= 4 is 17.7 Å². The van der Waals surface area contributed by atoms with Crippen LogP contribution in [0.1, 0.15) is 6.92 Å². The van der Waals surface area contributed by atoms with Gasteiger partial charge >= 0.3 is 0 Å². The number of rotatable bonds is 5. The predicted octanol–water partition coefficient (Wildman–Crippen LogP) is 3.71. The summed E-state index contributed by atoms with van der Waals surface area (Å²) in [6.07, 6.45) is 0. The van der Waals surface area contributed by atoms with Crippen molar-refractivity contribution in [3.63, 3.8) is 0 Å². The summed E-state index contributed by atoms with van der Waals surface area (Å²) in [5.41, 5.74) is 9.24. The molecule has 23 heavy (non-hydrogen) atoms. The first kappa shape index (κ1) is 15.4. The lowest BCUT2D eigenvalue weighted by molar-refractivity contribution is -0.117. The van der Waals surface area contributed by atoms with Gasteiger partial charge in [0.25, 0.3) is 0 Å². The number of nitrogens with zero attached hydrogens (tertiary/aromatic N) is 1. The maximum Gasteiger partial charge on any atom is 0.230 e. The van der Waals surface area contributed by atoms with Crippen molar-refractivity contribution in [3.05, 3.63) is 60.7 Å². The molecular weight excluding hydrogens is 306 g/mol. The van der Waals surface area contributed by atoms with Gasteiger partial charge in [0.1, 0.15) is 0 Å². The lowest BCUT2D eigenvalue weighted by Crippen LogP contribution is -2.22. The number of hydrogen-bond acceptors (Lipinski definition) is 3. The van der Waals surface area contributed by atoms with Crippen LogP contribution in [0.3, 0.4) is 0 Å². The van der Waals surface area contributed by atoms with Gasteiger partial charge in [0.05, 0.1) is 16.6 Å². The van der Waals surface area contributed by atoms with Crippen molar-refractivity contribution < 1.29 is 4.79 Å². The Hall–Kier alpha value is -2.53. The van der Waals surface area contributed by atoms with E-state index in [2.05, 4.69) is 9.97 Å². The third kappa shape index (κ3) is 3.46. The van der Waals surface area contributed by atoms with Crippen LogP contribution in [0.15, 0.2) is 65.8 Å². The summed E-state index contributed by atoms with van der Waals surface area (Å²) in [5, 5.41) is 0.349. The molecule has 3 aromatic rings. The number of carbonyl (C=O) groups is 1. The van der Waals surface area contributed by atoms with Gasteiger partial charge in [-0.25, -0.2) is 4.98 Å². The Balaban J connectivity index is 2.06. The van der Waals surface area contributed by atoms with Gasteiger partial charge in [-0.05, 0) is 6.92 Å². The van der Waals surface area contributed by atoms with Crippen LogP contribution >= 0.6 is 11.8 Å². The molecule has 1 aromatic heterocycles. The van der Waals surface area contributed by atoms with E-state index < -0.39 is 0 Å². The molecule has 0 saturated heterocycles. The first-order chi connectivity index (χ1) is 11.1. The van der Waals surface area contributed by atoms with Gasteiger partial charge in [-0.15, -0.1) is 0 Å². The molecule has 0 bridgehead atoms. The number of H-pyrrole nitrogens is 1. The van der Waals surface area contributed by atoms with Crippen LogP contribution in [0.5, 0.6) is 0 Å². The third-order valence-electron chi connectivity index (χ3n) is 3.48. The second-order valence-electron chi connectivity index (χ2n) is 5.16. The molecule has 1 amide bonds. The van der Waals surface area contributed by atoms with Crippen molar-refractivity contribution in [2.24, 2.45) is 5.73 Å². The van der Waals surface area contributed by atoms with Gasteiger partial charge in [-0.3, -0.25) is 4.79 Å². The standard InChI is InChI=1S/C18H17N3OS/c1-12(17(19)22)23-18-20-15(13-8-4-2-5-9-13)16(21-18)14-10-6-3-7-11-14/h2-12H,1H3,(H2,19,22)(H,20,21)/t12-/m1/s1. The molecule has 1 heterocycles. The van der Waals surface area contributed by atoms with Crippen LogP contribution < -0.4 is 5.73 Å². The van der Waals surface area contributed by atoms with Crippen LogP contribution in [-0.4, -0.2) is 21.1 Å². The van der Waals surface area contributed by atoms with E-state index in [4.69, 9.17) is 5.73 Å². The van der Waals surface area contributed by atoms with Gasteiger partial charge < -0.3 is 10.7 Å². The van der Waals surface area contributed by atoms with Crippen molar-refractivity contribution in [3.8, 4) is 22.5 Å². The van der Waals surface area contributed by atoms with E-state index in [0.717, 1.165) is 22.5 Å². The maximum absolute atomic E-state index is 11.3. The van der Waals surface area contributed by atoms with Crippen molar-refractivity contribution in [1.29, 1.82) is 0 Å². The van der Waals surface area contributed by atoms with Crippen molar-refractivity contribution in [2.45, 2.75) is 17.3 Å². The fourth-order valence-electron chi connectivity index (χ4n) is 2.25. The Bertz CT molecular complexity index is 743. The summed E-state index contributed by atoms with van der Waals surface area (Å²) in [6.45, 7) is 1.78. The Morgan fingerprint density at radius 3 is 2.17 bits per heavy atom. The Kier molecular flexibility index (Phi) is 4.48. The molecular formula is C18H17N3OS. The number of carbonyl (C=O) groups excluding carboxylic acids is 1. The van der Waals surface area contributed by atoms with Crippen LogP contribution in [0, 0.1) is 0 Å². The molecule has 0 aliphatic carbocycles. The molecule has 116 valence electrons. The molecule has 0 fully saturated rings. The highest BCUT2D eigenvalue weighted by Gasteiger charge is 2.18. The molecule has 0 saturated carbocycles. The largest absolute Gasteiger partial charge is 0.369 e. The van der Waals surface area contributed by atoms with E-state index in [1.807, 2.05) is 60.7 Å². The van der Waals surface area contributed by atoms with E-state index in [-0.39, 0.29) is 11.2 Å². The van der Waals surface area contributed by atoms with Gasteiger partial charge in [0.2, 0.25) is 5.91 Å². The van der Waals surface area contributed by atoms with Crippen LogP contribution in [-0.2, 0) is 4.79 Å². The summed E-state index contributed by atoms with van der Waals surface area (Å²) < 4.78 is 0. The van der Waals surface area contributed by atoms with Crippen LogP contribution in [0.25, 0.3) is 22.5 Å². The number of aromatic nitrogens is 2. The highest BCUT2D eigenvalue weighted by molar-refractivity contribution is 8.00. The summed E-state index contributed by atoms with van der Waals surface area (Å²) >= 11 is 1.33. The summed E-state index contributed by atoms with van der Waals surface area (Å²) in [5.74, 6) is -0.353. The van der Waals surface area contributed by atoms with Gasteiger partial charge in [0.15, 0.2) is 5.16 Å². The number of thioether (sulfide) groups is 1. The summed E-state index contributed by atoms with van der Waals surface area (Å²) in [4.78, 5) is 19.3. The minimum atomic E-state index is -0.353. The van der Waals surface area contributed by atoms with E-state index in [1.165, 1.54) is 11.8 Å². The smallest absolute Gasteiger partial charge is 0.230 e. The number of imidazole rings is 1. The third-order valence-corrected chi connectivity index (χ3v) is 4.48.